The van der Waals surface area contributed by atoms with E-state index < -0.39 is 0 Å². The Hall–Kier alpha value is -1.22. The summed E-state index contributed by atoms with van der Waals surface area (Å²) < 4.78 is 5.49. The molecule has 0 heterocycles. The van der Waals surface area contributed by atoms with E-state index >= 15 is 0 Å². The highest BCUT2D eigenvalue weighted by Gasteiger charge is 1.95. The van der Waals surface area contributed by atoms with E-state index in [9.17, 15) is 0 Å². The molecule has 2 N–H and O–H groups in total. The van der Waals surface area contributed by atoms with Gasteiger partial charge >= 0.3 is 0 Å². The maximum Gasteiger partial charge on any atom is 0.119 e. The summed E-state index contributed by atoms with van der Waals surface area (Å²) >= 11 is 0. The number of hydrogen-bond acceptors (Lipinski definition) is 3. The third kappa shape index (κ3) is 5.27. The van der Waals surface area contributed by atoms with Crippen molar-refractivity contribution in [3.05, 3.63) is 24.3 Å². The minimum Gasteiger partial charge on any atom is -0.508 e. The van der Waals surface area contributed by atoms with Crippen LogP contribution in [0.4, 0.5) is 0 Å². The van der Waals surface area contributed by atoms with Crippen LogP contribution in [0.3, 0.4) is 0 Å². The summed E-state index contributed by atoms with van der Waals surface area (Å²) in [5.74, 6) is 1.07. The summed E-state index contributed by atoms with van der Waals surface area (Å²) in [6.45, 7) is 5.92. The lowest BCUT2D eigenvalue weighted by molar-refractivity contribution is 0.305. The van der Waals surface area contributed by atoms with Crippen molar-refractivity contribution in [1.29, 1.82) is 0 Å². The highest BCUT2D eigenvalue weighted by Crippen LogP contribution is 2.15. The first-order chi connectivity index (χ1) is 7.18. The number of nitrogens with one attached hydrogen (secondary N) is 1. The van der Waals surface area contributed by atoms with Crippen LogP contribution < -0.4 is 10.1 Å². The minimum atomic E-state index is 0.267. The first-order valence-electron chi connectivity index (χ1n) is 5.33. The molecule has 3 nitrogen and oxygen atoms in total. The Morgan fingerprint density at radius 3 is 2.53 bits per heavy atom. The fourth-order valence-electron chi connectivity index (χ4n) is 1.20. The van der Waals surface area contributed by atoms with Gasteiger partial charge in [0.25, 0.3) is 0 Å². The summed E-state index contributed by atoms with van der Waals surface area (Å²) in [7, 11) is 0. The zero-order valence-electron chi connectivity index (χ0n) is 9.36. The summed E-state index contributed by atoms with van der Waals surface area (Å²) in [5.41, 5.74) is 0. The van der Waals surface area contributed by atoms with Crippen molar-refractivity contribution in [1.82, 2.24) is 5.32 Å². The molecule has 0 unspecified atom stereocenters. The average Bonchev–Trinajstić information content (AvgIpc) is 2.20. The van der Waals surface area contributed by atoms with Crippen molar-refractivity contribution in [3.63, 3.8) is 0 Å². The molecular weight excluding hydrogens is 190 g/mol. The summed E-state index contributed by atoms with van der Waals surface area (Å²) in [4.78, 5) is 0. The van der Waals surface area contributed by atoms with Crippen molar-refractivity contribution < 1.29 is 9.84 Å². The SMILES string of the molecule is CC(C)NCCCOc1ccc(O)cc1. The summed E-state index contributed by atoms with van der Waals surface area (Å²) in [6.07, 6.45) is 0.985. The fraction of sp³-hybridized carbons (Fsp3) is 0.500. The highest BCUT2D eigenvalue weighted by atomic mass is 16.5. The molecule has 1 aromatic carbocycles. The van der Waals surface area contributed by atoms with Gasteiger partial charge in [0.05, 0.1) is 6.61 Å². The summed E-state index contributed by atoms with van der Waals surface area (Å²) in [5, 5.41) is 12.4. The molecule has 15 heavy (non-hydrogen) atoms. The van der Waals surface area contributed by atoms with E-state index in [1.165, 1.54) is 0 Å². The number of rotatable bonds is 6. The van der Waals surface area contributed by atoms with Gasteiger partial charge in [-0.2, -0.15) is 0 Å². The van der Waals surface area contributed by atoms with Crippen LogP contribution in [-0.4, -0.2) is 24.3 Å². The van der Waals surface area contributed by atoms with Crippen molar-refractivity contribution in [2.75, 3.05) is 13.2 Å². The molecule has 3 heteroatoms. The summed E-state index contributed by atoms with van der Waals surface area (Å²) in [6, 6.07) is 7.32. The molecule has 0 bridgehead atoms. The van der Waals surface area contributed by atoms with E-state index in [4.69, 9.17) is 9.84 Å². The van der Waals surface area contributed by atoms with Crippen molar-refractivity contribution >= 4 is 0 Å². The van der Waals surface area contributed by atoms with Crippen LogP contribution in [0, 0.1) is 0 Å². The zero-order valence-corrected chi connectivity index (χ0v) is 9.36. The van der Waals surface area contributed by atoms with Gasteiger partial charge in [0, 0.05) is 6.04 Å². The largest absolute Gasteiger partial charge is 0.508 e. The van der Waals surface area contributed by atoms with E-state index in [1.807, 2.05) is 0 Å². The quantitative estimate of drug-likeness (QED) is 0.705. The predicted octanol–water partition coefficient (Wildman–Crippen LogP) is 2.16. The third-order valence-electron chi connectivity index (χ3n) is 1.98. The number of phenolic OH excluding ortho intramolecular Hbond substituents is 1. The second-order valence-corrected chi connectivity index (χ2v) is 3.80. The van der Waals surface area contributed by atoms with Crippen LogP contribution >= 0.6 is 0 Å². The van der Waals surface area contributed by atoms with Crippen molar-refractivity contribution in [2.45, 2.75) is 26.3 Å². The fourth-order valence-corrected chi connectivity index (χ4v) is 1.20. The van der Waals surface area contributed by atoms with E-state index in [-0.39, 0.29) is 5.75 Å². The molecule has 0 atom stereocenters. The van der Waals surface area contributed by atoms with Crippen molar-refractivity contribution in [3.8, 4) is 11.5 Å². The van der Waals surface area contributed by atoms with Gasteiger partial charge < -0.3 is 15.2 Å². The Labute approximate surface area is 91.1 Å². The van der Waals surface area contributed by atoms with Crippen LogP contribution in [0.2, 0.25) is 0 Å². The molecule has 84 valence electrons. The highest BCUT2D eigenvalue weighted by molar-refractivity contribution is 5.29. The van der Waals surface area contributed by atoms with E-state index in [0.717, 1.165) is 18.7 Å². The van der Waals surface area contributed by atoms with Gasteiger partial charge in [0.15, 0.2) is 0 Å². The number of aromatic hydroxyl groups is 1. The van der Waals surface area contributed by atoms with Gasteiger partial charge in [-0.1, -0.05) is 13.8 Å². The molecule has 0 aliphatic heterocycles. The van der Waals surface area contributed by atoms with Crippen LogP contribution in [-0.2, 0) is 0 Å². The first-order valence-corrected chi connectivity index (χ1v) is 5.33. The number of hydrogen-bond donors (Lipinski definition) is 2. The van der Waals surface area contributed by atoms with Gasteiger partial charge in [-0.3, -0.25) is 0 Å². The molecule has 0 saturated heterocycles. The first kappa shape index (κ1) is 11.9. The second-order valence-electron chi connectivity index (χ2n) is 3.80. The molecule has 0 amide bonds. The Bertz CT molecular complexity index is 269. The molecule has 0 fully saturated rings. The maximum absolute atomic E-state index is 9.06. The molecule has 0 radical (unpaired) electrons. The van der Waals surface area contributed by atoms with E-state index in [1.54, 1.807) is 24.3 Å². The van der Waals surface area contributed by atoms with Crippen LogP contribution in [0.1, 0.15) is 20.3 Å². The van der Waals surface area contributed by atoms with Gasteiger partial charge in [0.1, 0.15) is 11.5 Å². The van der Waals surface area contributed by atoms with Gasteiger partial charge in [-0.05, 0) is 37.2 Å². The van der Waals surface area contributed by atoms with E-state index in [0.29, 0.717) is 12.6 Å². The molecule has 0 aromatic heterocycles. The average molecular weight is 209 g/mol. The Kier molecular flexibility index (Phi) is 4.98. The molecule has 0 aliphatic rings. The normalized spacial score (nSPS) is 10.6. The molecule has 1 aromatic rings. The lowest BCUT2D eigenvalue weighted by Crippen LogP contribution is -2.24. The standard InChI is InChI=1S/C12H19NO2/c1-10(2)13-8-3-9-15-12-6-4-11(14)5-7-12/h4-7,10,13-14H,3,8-9H2,1-2H3. The predicted molar refractivity (Wildman–Crippen MR) is 61.4 cm³/mol. The smallest absolute Gasteiger partial charge is 0.119 e. The third-order valence-corrected chi connectivity index (χ3v) is 1.98. The second kappa shape index (κ2) is 6.30. The number of phenols is 1. The molecule has 0 saturated carbocycles. The zero-order chi connectivity index (χ0) is 11.1. The Balaban J connectivity index is 2.12. The molecule has 0 spiro atoms. The van der Waals surface area contributed by atoms with Crippen LogP contribution in [0.5, 0.6) is 11.5 Å². The van der Waals surface area contributed by atoms with E-state index in [2.05, 4.69) is 19.2 Å². The lowest BCUT2D eigenvalue weighted by atomic mass is 10.3. The molecule has 1 rings (SSSR count). The monoisotopic (exact) mass is 209 g/mol. The maximum atomic E-state index is 9.06. The van der Waals surface area contributed by atoms with Crippen molar-refractivity contribution in [2.24, 2.45) is 0 Å². The number of benzene rings is 1. The Morgan fingerprint density at radius 2 is 1.93 bits per heavy atom. The van der Waals surface area contributed by atoms with Gasteiger partial charge in [-0.15, -0.1) is 0 Å². The van der Waals surface area contributed by atoms with Gasteiger partial charge in [0.2, 0.25) is 0 Å². The Morgan fingerprint density at radius 1 is 1.27 bits per heavy atom. The van der Waals surface area contributed by atoms with Gasteiger partial charge in [-0.25, -0.2) is 0 Å². The molecule has 0 aliphatic carbocycles. The minimum absolute atomic E-state index is 0.267. The van der Waals surface area contributed by atoms with Crippen LogP contribution in [0.25, 0.3) is 0 Å². The topological polar surface area (TPSA) is 41.5 Å². The number of ether oxygens (including phenoxy) is 1. The lowest BCUT2D eigenvalue weighted by Gasteiger charge is -2.09. The van der Waals surface area contributed by atoms with Crippen LogP contribution in [0.15, 0.2) is 24.3 Å². The molecular formula is C12H19NO2.